The number of aliphatic imine (C=N–C) groups is 2. The van der Waals surface area contributed by atoms with E-state index in [2.05, 4.69) is 32.6 Å². The van der Waals surface area contributed by atoms with Crippen molar-refractivity contribution in [2.45, 2.75) is 12.8 Å². The molecule has 3 rings (SSSR count). The largest absolute Gasteiger partial charge is 1.00 e. The number of carbonyl (C=O) groups is 1. The zero-order valence-electron chi connectivity index (χ0n) is 10.6. The molecule has 8 heteroatoms. The van der Waals surface area contributed by atoms with Crippen molar-refractivity contribution in [3.63, 3.8) is 0 Å². The number of halogens is 2. The maximum atomic E-state index is 10.9. The van der Waals surface area contributed by atoms with Crippen LogP contribution in [0.2, 0.25) is 0 Å². The summed E-state index contributed by atoms with van der Waals surface area (Å²) in [5, 5.41) is 8.97. The number of amides is 1. The minimum absolute atomic E-state index is 0. The molecule has 1 atom stereocenters. The number of allylic oxidation sites excluding steroid dienone is 2. The Labute approximate surface area is 136 Å². The molecule has 0 aromatic heterocycles. The lowest BCUT2D eigenvalue weighted by atomic mass is 9.92. The normalized spacial score (nSPS) is 25.4. The fourth-order valence-corrected chi connectivity index (χ4v) is 3.39. The van der Waals surface area contributed by atoms with Crippen LogP contribution in [-0.2, 0) is 0 Å². The zero-order chi connectivity index (χ0) is 13.4. The van der Waals surface area contributed by atoms with Crippen LogP contribution in [0.3, 0.4) is 0 Å². The molecular formula is C12H14ClIN4O2. The fraction of sp³-hybridized carbons (Fsp3) is 0.417. The maximum Gasteiger partial charge on any atom is 0.407 e. The van der Waals surface area contributed by atoms with E-state index in [1.54, 1.807) is 6.20 Å². The number of hydrogen-bond donors (Lipinski definition) is 2. The van der Waals surface area contributed by atoms with Crippen LogP contribution in [0.5, 0.6) is 0 Å². The number of nitrogens with one attached hydrogen (secondary N) is 1. The first-order valence-electron chi connectivity index (χ1n) is 6.20. The smallest absolute Gasteiger partial charge is 0.407 e. The molecule has 1 fully saturated rings. The summed E-state index contributed by atoms with van der Waals surface area (Å²) in [6.07, 6.45) is 6.48. The summed E-state index contributed by atoms with van der Waals surface area (Å²) in [5.74, 6) is 0.339. The molecule has 2 N–H and O–H groups in total. The van der Waals surface area contributed by atoms with Crippen LogP contribution >= 0.6 is 22.6 Å². The van der Waals surface area contributed by atoms with E-state index in [0.29, 0.717) is 19.0 Å². The lowest BCUT2D eigenvalue weighted by Crippen LogP contribution is -3.07. The van der Waals surface area contributed by atoms with Gasteiger partial charge in [0.1, 0.15) is 11.9 Å². The number of fused-ring (bicyclic) bond motifs is 1. The highest BCUT2D eigenvalue weighted by molar-refractivity contribution is 14.1. The van der Waals surface area contributed by atoms with E-state index in [9.17, 15) is 4.79 Å². The van der Waals surface area contributed by atoms with Crippen LogP contribution in [-0.4, -0.2) is 39.2 Å². The van der Waals surface area contributed by atoms with E-state index >= 15 is 0 Å². The van der Waals surface area contributed by atoms with Crippen LogP contribution in [0.4, 0.5) is 4.79 Å². The zero-order valence-corrected chi connectivity index (χ0v) is 13.5. The number of rotatable bonds is 1. The molecular weight excluding hydrogens is 395 g/mol. The summed E-state index contributed by atoms with van der Waals surface area (Å²) < 4.78 is 1.01. The maximum absolute atomic E-state index is 10.9. The SMILES string of the molecule is O=C(O)N1CCC(C2=C3C=NC=C[NH+]3C(I)=N2)CC1.[Cl-]. The monoisotopic (exact) mass is 408 g/mol. The summed E-state index contributed by atoms with van der Waals surface area (Å²) in [4.78, 5) is 22.4. The quantitative estimate of drug-likeness (QED) is 0.383. The molecule has 108 valence electrons. The summed E-state index contributed by atoms with van der Waals surface area (Å²) in [7, 11) is 0. The minimum atomic E-state index is -0.824. The van der Waals surface area contributed by atoms with Crippen molar-refractivity contribution in [3.8, 4) is 0 Å². The lowest BCUT2D eigenvalue weighted by molar-refractivity contribution is -0.684. The van der Waals surface area contributed by atoms with Crippen LogP contribution in [0.25, 0.3) is 0 Å². The van der Waals surface area contributed by atoms with Gasteiger partial charge in [-0.2, -0.15) is 4.99 Å². The standard InChI is InChI=1S/C12H13IN4O2.ClH/c13-11-15-10(9-7-14-3-6-17(9)11)8-1-4-16(5-2-8)12(18)19;/h3,6-8H,1-2,4-5H2,(H,18,19);1H. The highest BCUT2D eigenvalue weighted by atomic mass is 127. The van der Waals surface area contributed by atoms with Gasteiger partial charge in [-0.05, 0) is 12.8 Å². The highest BCUT2D eigenvalue weighted by Crippen LogP contribution is 2.29. The number of carboxylic acid groups (broad SMARTS) is 1. The first kappa shape index (κ1) is 15.5. The average molecular weight is 409 g/mol. The number of hydrogen-bond acceptors (Lipinski definition) is 3. The highest BCUT2D eigenvalue weighted by Gasteiger charge is 2.36. The van der Waals surface area contributed by atoms with Gasteiger partial charge in [0, 0.05) is 19.0 Å². The molecule has 1 amide bonds. The van der Waals surface area contributed by atoms with Crippen LogP contribution in [0.1, 0.15) is 12.8 Å². The second-order valence-electron chi connectivity index (χ2n) is 4.75. The predicted molar refractivity (Wildman–Crippen MR) is 79.4 cm³/mol. The van der Waals surface area contributed by atoms with Crippen LogP contribution < -0.4 is 17.3 Å². The molecule has 1 saturated heterocycles. The van der Waals surface area contributed by atoms with E-state index in [4.69, 9.17) is 5.11 Å². The number of likely N-dealkylation sites (tertiary alicyclic amines) is 1. The molecule has 0 bridgehead atoms. The van der Waals surface area contributed by atoms with Crippen molar-refractivity contribution in [1.82, 2.24) is 4.90 Å². The Morgan fingerprint density at radius 2 is 2.15 bits per heavy atom. The van der Waals surface area contributed by atoms with E-state index in [1.165, 1.54) is 4.90 Å². The Morgan fingerprint density at radius 1 is 1.45 bits per heavy atom. The van der Waals surface area contributed by atoms with Gasteiger partial charge in [0.2, 0.25) is 0 Å². The van der Waals surface area contributed by atoms with E-state index in [0.717, 1.165) is 33.0 Å². The Morgan fingerprint density at radius 3 is 2.80 bits per heavy atom. The van der Waals surface area contributed by atoms with Gasteiger partial charge in [0.15, 0.2) is 5.70 Å². The van der Waals surface area contributed by atoms with Crippen LogP contribution in [0.15, 0.2) is 33.8 Å². The van der Waals surface area contributed by atoms with Crippen LogP contribution in [0, 0.1) is 5.92 Å². The number of quaternary nitrogens is 1. The van der Waals surface area contributed by atoms with Gasteiger partial charge < -0.3 is 22.4 Å². The van der Waals surface area contributed by atoms with Crippen molar-refractivity contribution in [2.75, 3.05) is 13.1 Å². The topological polar surface area (TPSA) is 69.7 Å². The summed E-state index contributed by atoms with van der Waals surface area (Å²) >= 11 is 2.25. The van der Waals surface area contributed by atoms with Gasteiger partial charge in [0.05, 0.1) is 35.0 Å². The Hall–Kier alpha value is -0.930. The lowest BCUT2D eigenvalue weighted by Gasteiger charge is -2.29. The molecule has 3 aliphatic rings. The molecule has 0 spiro atoms. The molecule has 0 aromatic rings. The van der Waals surface area contributed by atoms with E-state index < -0.39 is 6.09 Å². The molecule has 6 nitrogen and oxygen atoms in total. The molecule has 20 heavy (non-hydrogen) atoms. The predicted octanol–water partition coefficient (Wildman–Crippen LogP) is -2.16. The Balaban J connectivity index is 0.00000147. The average Bonchev–Trinajstić information content (AvgIpc) is 2.77. The first-order valence-corrected chi connectivity index (χ1v) is 7.28. The first-order chi connectivity index (χ1) is 9.16. The van der Waals surface area contributed by atoms with E-state index in [1.807, 2.05) is 12.4 Å². The van der Waals surface area contributed by atoms with Crippen molar-refractivity contribution in [1.29, 1.82) is 0 Å². The number of amidine groups is 1. The molecule has 3 aliphatic heterocycles. The second-order valence-corrected chi connectivity index (χ2v) is 5.77. The molecule has 0 radical (unpaired) electrons. The van der Waals surface area contributed by atoms with E-state index in [-0.39, 0.29) is 12.4 Å². The van der Waals surface area contributed by atoms with Gasteiger partial charge in [-0.1, -0.05) is 0 Å². The third-order valence-corrected chi connectivity index (χ3v) is 4.51. The summed E-state index contributed by atoms with van der Waals surface area (Å²) in [6.45, 7) is 1.18. The second kappa shape index (κ2) is 6.23. The molecule has 0 aromatic carbocycles. The van der Waals surface area contributed by atoms with Crippen molar-refractivity contribution < 1.29 is 27.2 Å². The fourth-order valence-electron chi connectivity index (χ4n) is 2.66. The summed E-state index contributed by atoms with van der Waals surface area (Å²) in [5.41, 5.74) is 2.19. The van der Waals surface area contributed by atoms with Gasteiger partial charge in [-0.25, -0.2) is 9.69 Å². The van der Waals surface area contributed by atoms with Gasteiger partial charge in [-0.15, -0.1) is 0 Å². The van der Waals surface area contributed by atoms with Crippen molar-refractivity contribution >= 4 is 38.7 Å². The minimum Gasteiger partial charge on any atom is -1.00 e. The molecule has 0 aliphatic carbocycles. The molecule has 1 unspecified atom stereocenters. The van der Waals surface area contributed by atoms with Gasteiger partial charge in [0.25, 0.3) is 3.84 Å². The van der Waals surface area contributed by atoms with Crippen molar-refractivity contribution in [3.05, 3.63) is 23.8 Å². The molecule has 3 heterocycles. The molecule has 0 saturated carbocycles. The Kier molecular flexibility index (Phi) is 4.82. The van der Waals surface area contributed by atoms with Crippen molar-refractivity contribution in [2.24, 2.45) is 15.9 Å². The third-order valence-electron chi connectivity index (χ3n) is 3.69. The summed E-state index contributed by atoms with van der Waals surface area (Å²) in [6, 6.07) is 0. The Bertz CT molecular complexity index is 536. The third kappa shape index (κ3) is 2.75. The number of nitrogens with zero attached hydrogens (tertiary/aromatic N) is 3. The number of piperidine rings is 1. The van der Waals surface area contributed by atoms with Gasteiger partial charge in [-0.3, -0.25) is 4.99 Å². The van der Waals surface area contributed by atoms with Gasteiger partial charge >= 0.3 is 6.09 Å².